The maximum absolute atomic E-state index is 15.1. The number of benzene rings is 1. The van der Waals surface area contributed by atoms with Crippen LogP contribution < -0.4 is 14.8 Å². The third-order valence-electron chi connectivity index (χ3n) is 4.65. The molecule has 1 saturated heterocycles. The van der Waals surface area contributed by atoms with E-state index in [1.54, 1.807) is 4.72 Å². The summed E-state index contributed by atoms with van der Waals surface area (Å²) >= 11 is 0. The second-order valence-corrected chi connectivity index (χ2v) is 8.12. The van der Waals surface area contributed by atoms with Crippen LogP contribution in [0.2, 0.25) is 0 Å². The Labute approximate surface area is 139 Å². The molecule has 0 bridgehead atoms. The topological polar surface area (TPSA) is 113 Å². The van der Waals surface area contributed by atoms with Crippen LogP contribution in [0.3, 0.4) is 0 Å². The molecule has 1 amide bonds. The largest absolute Gasteiger partial charge is 0.506 e. The molecule has 1 heterocycles. The van der Waals surface area contributed by atoms with Crippen molar-refractivity contribution in [1.29, 1.82) is 0 Å². The summed E-state index contributed by atoms with van der Waals surface area (Å²) in [5.41, 5.74) is 6.25. The minimum absolute atomic E-state index is 0.268. The summed E-state index contributed by atoms with van der Waals surface area (Å²) in [5.74, 6) is -2.09. The molecule has 1 aromatic carbocycles. The number of rotatable bonds is 3. The van der Waals surface area contributed by atoms with Gasteiger partial charge in [0, 0.05) is 5.54 Å². The van der Waals surface area contributed by atoms with Crippen LogP contribution in [0.15, 0.2) is 6.07 Å². The fraction of sp³-hybridized carbons (Fsp3) is 0.533. The third kappa shape index (κ3) is 2.71. The van der Waals surface area contributed by atoms with Gasteiger partial charge in [0.05, 0.1) is 0 Å². The SMILES string of the molecule is CCCC1(N)CCc2cc(O)c(N3CC(=O)NS3(=O)=O)c(F)c2C1. The van der Waals surface area contributed by atoms with Gasteiger partial charge >= 0.3 is 10.2 Å². The first-order valence-corrected chi connectivity index (χ1v) is 9.26. The quantitative estimate of drug-likeness (QED) is 0.737. The number of amides is 1. The van der Waals surface area contributed by atoms with Crippen molar-refractivity contribution in [3.05, 3.63) is 23.0 Å². The molecule has 7 nitrogen and oxygen atoms in total. The monoisotopic (exact) mass is 357 g/mol. The van der Waals surface area contributed by atoms with E-state index in [4.69, 9.17) is 5.73 Å². The van der Waals surface area contributed by atoms with Gasteiger partial charge in [-0.2, -0.15) is 8.42 Å². The van der Waals surface area contributed by atoms with Crippen molar-refractivity contribution in [2.75, 3.05) is 10.8 Å². The van der Waals surface area contributed by atoms with Crippen LogP contribution in [0, 0.1) is 5.82 Å². The number of nitrogens with zero attached hydrogens (tertiary/aromatic N) is 1. The number of anilines is 1. The lowest BCUT2D eigenvalue weighted by Crippen LogP contribution is -2.45. The molecule has 3 rings (SSSR count). The average molecular weight is 357 g/mol. The highest BCUT2D eigenvalue weighted by Crippen LogP contribution is 2.41. The van der Waals surface area contributed by atoms with Gasteiger partial charge in [-0.15, -0.1) is 0 Å². The summed E-state index contributed by atoms with van der Waals surface area (Å²) in [5, 5.41) is 10.1. The molecule has 0 aromatic heterocycles. The number of phenols is 1. The number of nitrogens with one attached hydrogen (secondary N) is 1. The van der Waals surface area contributed by atoms with Crippen LogP contribution in [0.1, 0.15) is 37.3 Å². The Kier molecular flexibility index (Phi) is 3.95. The zero-order valence-electron chi connectivity index (χ0n) is 13.3. The molecule has 1 aliphatic carbocycles. The van der Waals surface area contributed by atoms with Crippen LogP contribution in [-0.2, 0) is 27.8 Å². The lowest BCUT2D eigenvalue weighted by molar-refractivity contribution is -0.117. The molecular weight excluding hydrogens is 337 g/mol. The Morgan fingerprint density at radius 3 is 2.79 bits per heavy atom. The zero-order chi connectivity index (χ0) is 17.7. The van der Waals surface area contributed by atoms with Gasteiger partial charge in [0.15, 0.2) is 5.82 Å². The normalized spacial score (nSPS) is 25.5. The second kappa shape index (κ2) is 5.59. The molecule has 9 heteroatoms. The van der Waals surface area contributed by atoms with E-state index in [9.17, 15) is 18.3 Å². The van der Waals surface area contributed by atoms with Crippen molar-refractivity contribution in [1.82, 2.24) is 4.72 Å². The van der Waals surface area contributed by atoms with Crippen LogP contribution in [0.4, 0.5) is 10.1 Å². The molecule has 1 aliphatic heterocycles. The molecule has 4 N–H and O–H groups in total. The van der Waals surface area contributed by atoms with E-state index < -0.39 is 45.5 Å². The van der Waals surface area contributed by atoms with Crippen LogP contribution in [0.25, 0.3) is 0 Å². The predicted molar refractivity (Wildman–Crippen MR) is 86.3 cm³/mol. The average Bonchev–Trinajstić information content (AvgIpc) is 2.73. The molecule has 0 radical (unpaired) electrons. The lowest BCUT2D eigenvalue weighted by atomic mass is 9.76. The molecular formula is C15H20FN3O4S. The summed E-state index contributed by atoms with van der Waals surface area (Å²) < 4.78 is 41.3. The predicted octanol–water partition coefficient (Wildman–Crippen LogP) is 0.699. The first-order valence-electron chi connectivity index (χ1n) is 7.82. The summed E-state index contributed by atoms with van der Waals surface area (Å²) in [6.07, 6.45) is 3.04. The van der Waals surface area contributed by atoms with E-state index in [2.05, 4.69) is 0 Å². The standard InChI is InChI=1S/C15H20FN3O4S/c1-2-4-15(17)5-3-9-6-11(20)14(13(16)10(9)7-15)19-8-12(21)18-24(19,22)23/h6,20H,2-5,7-8,17H2,1H3,(H,18,21). The molecule has 2 aliphatic rings. The van der Waals surface area contributed by atoms with Crippen molar-refractivity contribution >= 4 is 21.8 Å². The first kappa shape index (κ1) is 17.0. The van der Waals surface area contributed by atoms with Gasteiger partial charge in [-0.05, 0) is 42.9 Å². The summed E-state index contributed by atoms with van der Waals surface area (Å²) in [4.78, 5) is 11.4. The molecule has 132 valence electrons. The first-order chi connectivity index (χ1) is 11.2. The minimum Gasteiger partial charge on any atom is -0.506 e. The maximum Gasteiger partial charge on any atom is 0.326 e. The molecule has 1 atom stereocenters. The lowest BCUT2D eigenvalue weighted by Gasteiger charge is -2.35. The van der Waals surface area contributed by atoms with Crippen molar-refractivity contribution in [2.24, 2.45) is 5.73 Å². The van der Waals surface area contributed by atoms with Crippen LogP contribution in [0.5, 0.6) is 5.75 Å². The third-order valence-corrected chi connectivity index (χ3v) is 6.03. The zero-order valence-corrected chi connectivity index (χ0v) is 14.1. The number of hydrogen-bond donors (Lipinski definition) is 3. The fourth-order valence-corrected chi connectivity index (χ4v) is 4.71. The number of fused-ring (bicyclic) bond motifs is 1. The van der Waals surface area contributed by atoms with E-state index >= 15 is 4.39 Å². The van der Waals surface area contributed by atoms with E-state index in [0.717, 1.165) is 12.8 Å². The number of nitrogens with two attached hydrogens (primary N) is 1. The molecule has 0 spiro atoms. The van der Waals surface area contributed by atoms with E-state index in [0.29, 0.717) is 28.3 Å². The number of phenolic OH excluding ortho intramolecular Hbond substituents is 1. The van der Waals surface area contributed by atoms with Gasteiger partial charge in [-0.1, -0.05) is 13.3 Å². The minimum atomic E-state index is -4.20. The van der Waals surface area contributed by atoms with E-state index in [1.165, 1.54) is 6.07 Å². The Morgan fingerprint density at radius 2 is 2.21 bits per heavy atom. The Hall–Kier alpha value is -1.87. The smallest absolute Gasteiger partial charge is 0.326 e. The van der Waals surface area contributed by atoms with Gasteiger partial charge in [-0.25, -0.2) is 13.4 Å². The van der Waals surface area contributed by atoms with Crippen molar-refractivity contribution in [3.63, 3.8) is 0 Å². The highest BCUT2D eigenvalue weighted by Gasteiger charge is 2.40. The summed E-state index contributed by atoms with van der Waals surface area (Å²) in [6, 6.07) is 1.37. The van der Waals surface area contributed by atoms with Gasteiger partial charge < -0.3 is 10.8 Å². The van der Waals surface area contributed by atoms with Crippen LogP contribution in [-0.4, -0.2) is 31.5 Å². The number of carbonyl (C=O) groups excluding carboxylic acids is 1. The summed E-state index contributed by atoms with van der Waals surface area (Å²) in [7, 11) is -4.20. The number of halogens is 1. The van der Waals surface area contributed by atoms with Gasteiger partial charge in [0.2, 0.25) is 0 Å². The maximum atomic E-state index is 15.1. The van der Waals surface area contributed by atoms with Crippen molar-refractivity contribution < 1.29 is 22.7 Å². The van der Waals surface area contributed by atoms with E-state index in [-0.39, 0.29) is 6.42 Å². The Morgan fingerprint density at radius 1 is 1.50 bits per heavy atom. The fourth-order valence-electron chi connectivity index (χ4n) is 3.55. The van der Waals surface area contributed by atoms with Crippen molar-refractivity contribution in [2.45, 2.75) is 44.6 Å². The van der Waals surface area contributed by atoms with Gasteiger partial charge in [0.1, 0.15) is 18.0 Å². The van der Waals surface area contributed by atoms with Crippen molar-refractivity contribution in [3.8, 4) is 5.75 Å². The molecule has 24 heavy (non-hydrogen) atoms. The number of hydrogen-bond acceptors (Lipinski definition) is 5. The van der Waals surface area contributed by atoms with Crippen LogP contribution >= 0.6 is 0 Å². The summed E-state index contributed by atoms with van der Waals surface area (Å²) in [6.45, 7) is 1.44. The highest BCUT2D eigenvalue weighted by molar-refractivity contribution is 7.92. The second-order valence-electron chi connectivity index (χ2n) is 6.52. The van der Waals surface area contributed by atoms with E-state index in [1.807, 2.05) is 6.92 Å². The van der Waals surface area contributed by atoms with Gasteiger partial charge in [-0.3, -0.25) is 4.79 Å². The molecule has 1 unspecified atom stereocenters. The van der Waals surface area contributed by atoms with Gasteiger partial charge in [0.25, 0.3) is 5.91 Å². The Balaban J connectivity index is 2.09. The number of aromatic hydroxyl groups is 1. The highest BCUT2D eigenvalue weighted by atomic mass is 32.2. The Bertz CT molecular complexity index is 811. The molecule has 1 aromatic rings. The number of aryl methyl sites for hydroxylation is 1. The molecule has 0 saturated carbocycles. The number of carbonyl (C=O) groups is 1. The molecule has 1 fully saturated rings.